The minimum Gasteiger partial charge on any atom is -0.508 e. The first-order valence-electron chi connectivity index (χ1n) is 6.39. The molecule has 1 aromatic carbocycles. The molecule has 1 atom stereocenters. The second kappa shape index (κ2) is 7.30. The summed E-state index contributed by atoms with van der Waals surface area (Å²) < 4.78 is 0. The summed E-state index contributed by atoms with van der Waals surface area (Å²) in [6.45, 7) is 5.64. The molecule has 17 heavy (non-hydrogen) atoms. The van der Waals surface area contributed by atoms with Gasteiger partial charge in [0.15, 0.2) is 0 Å². The summed E-state index contributed by atoms with van der Waals surface area (Å²) in [7, 11) is 0. The number of hydrogen-bond donors (Lipinski definition) is 3. The first kappa shape index (κ1) is 14.0. The summed E-state index contributed by atoms with van der Waals surface area (Å²) in [5.74, 6) is 0.308. The molecule has 0 radical (unpaired) electrons. The third-order valence-electron chi connectivity index (χ3n) is 2.91. The van der Waals surface area contributed by atoms with Gasteiger partial charge in [-0.05, 0) is 42.6 Å². The Morgan fingerprint density at radius 1 is 1.29 bits per heavy atom. The number of hydrogen-bond acceptors (Lipinski definition) is 3. The molecule has 0 aromatic heterocycles. The number of aromatic hydroxyl groups is 1. The summed E-state index contributed by atoms with van der Waals surface area (Å²) in [5, 5.41) is 22.8. The average molecular weight is 237 g/mol. The normalized spacial score (nSPS) is 12.6. The Balaban J connectivity index is 2.53. The van der Waals surface area contributed by atoms with Gasteiger partial charge in [-0.2, -0.15) is 0 Å². The summed E-state index contributed by atoms with van der Waals surface area (Å²) in [4.78, 5) is 0. The minimum atomic E-state index is -0.502. The smallest absolute Gasteiger partial charge is 0.118 e. The molecule has 1 unspecified atom stereocenters. The molecule has 3 nitrogen and oxygen atoms in total. The van der Waals surface area contributed by atoms with E-state index in [1.807, 2.05) is 13.0 Å². The van der Waals surface area contributed by atoms with Crippen molar-refractivity contribution >= 4 is 0 Å². The van der Waals surface area contributed by atoms with Gasteiger partial charge in [0.1, 0.15) is 5.75 Å². The number of nitrogens with one attached hydrogen (secondary N) is 1. The molecule has 0 saturated heterocycles. The van der Waals surface area contributed by atoms with Crippen molar-refractivity contribution in [3.05, 3.63) is 29.3 Å². The number of rotatable bonds is 7. The lowest BCUT2D eigenvalue weighted by molar-refractivity contribution is 0.174. The van der Waals surface area contributed by atoms with E-state index < -0.39 is 6.10 Å². The van der Waals surface area contributed by atoms with Crippen LogP contribution in [-0.2, 0) is 6.42 Å². The predicted octanol–water partition coefficient (Wildman–Crippen LogP) is 2.38. The number of phenolic OH excluding ortho intramolecular Hbond substituents is 1. The van der Waals surface area contributed by atoms with E-state index in [1.165, 1.54) is 0 Å². The maximum absolute atomic E-state index is 9.99. The van der Waals surface area contributed by atoms with Crippen LogP contribution in [-0.4, -0.2) is 23.3 Å². The molecule has 0 fully saturated rings. The molecule has 0 saturated carbocycles. The van der Waals surface area contributed by atoms with Crippen LogP contribution in [0.3, 0.4) is 0 Å². The van der Waals surface area contributed by atoms with E-state index in [-0.39, 0.29) is 0 Å². The lowest BCUT2D eigenvalue weighted by Gasteiger charge is -2.13. The maximum atomic E-state index is 9.99. The number of benzene rings is 1. The fraction of sp³-hybridized carbons (Fsp3) is 0.571. The molecule has 96 valence electrons. The van der Waals surface area contributed by atoms with Crippen LogP contribution in [0.1, 0.15) is 43.9 Å². The van der Waals surface area contributed by atoms with Crippen molar-refractivity contribution in [2.75, 3.05) is 13.1 Å². The minimum absolute atomic E-state index is 0.308. The third-order valence-corrected chi connectivity index (χ3v) is 2.91. The van der Waals surface area contributed by atoms with Crippen molar-refractivity contribution in [3.8, 4) is 5.75 Å². The van der Waals surface area contributed by atoms with Crippen molar-refractivity contribution in [3.63, 3.8) is 0 Å². The molecule has 1 aromatic rings. The highest BCUT2D eigenvalue weighted by Gasteiger charge is 2.09. The van der Waals surface area contributed by atoms with Crippen LogP contribution in [0.2, 0.25) is 0 Å². The third kappa shape index (κ3) is 4.36. The molecule has 0 bridgehead atoms. The zero-order valence-electron chi connectivity index (χ0n) is 10.7. The van der Waals surface area contributed by atoms with Gasteiger partial charge in [-0.15, -0.1) is 0 Å². The van der Waals surface area contributed by atoms with E-state index in [0.717, 1.165) is 36.9 Å². The number of aliphatic hydroxyl groups is 1. The van der Waals surface area contributed by atoms with E-state index in [0.29, 0.717) is 12.3 Å². The van der Waals surface area contributed by atoms with Crippen LogP contribution in [0.4, 0.5) is 0 Å². The molecule has 0 aliphatic rings. The Hall–Kier alpha value is -1.06. The quantitative estimate of drug-likeness (QED) is 0.638. The Kier molecular flexibility index (Phi) is 6.01. The fourth-order valence-electron chi connectivity index (χ4n) is 1.75. The van der Waals surface area contributed by atoms with E-state index in [4.69, 9.17) is 0 Å². The van der Waals surface area contributed by atoms with Gasteiger partial charge >= 0.3 is 0 Å². The van der Waals surface area contributed by atoms with Crippen molar-refractivity contribution < 1.29 is 10.2 Å². The lowest BCUT2D eigenvalue weighted by atomic mass is 10.0. The summed E-state index contributed by atoms with van der Waals surface area (Å²) in [6.07, 6.45) is 2.55. The Bertz CT molecular complexity index is 339. The number of aliphatic hydroxyl groups excluding tert-OH is 1. The molecule has 0 heterocycles. The predicted molar refractivity (Wildman–Crippen MR) is 70.2 cm³/mol. The number of phenols is 1. The largest absolute Gasteiger partial charge is 0.508 e. The summed E-state index contributed by atoms with van der Waals surface area (Å²) in [6, 6.07) is 5.31. The first-order valence-corrected chi connectivity index (χ1v) is 6.39. The zero-order chi connectivity index (χ0) is 12.7. The summed E-state index contributed by atoms with van der Waals surface area (Å²) >= 11 is 0. The standard InChI is InChI=1S/C14H23NO2/c1-3-5-8-15-10-14(17)12-6-7-13(16)11(4-2)9-12/h6-7,9,14-17H,3-5,8,10H2,1-2H3. The van der Waals surface area contributed by atoms with Crippen LogP contribution < -0.4 is 5.32 Å². The fourth-order valence-corrected chi connectivity index (χ4v) is 1.75. The van der Waals surface area contributed by atoms with Crippen molar-refractivity contribution in [2.24, 2.45) is 0 Å². The maximum Gasteiger partial charge on any atom is 0.118 e. The zero-order valence-corrected chi connectivity index (χ0v) is 10.7. The van der Waals surface area contributed by atoms with Gasteiger partial charge in [-0.3, -0.25) is 0 Å². The Labute approximate surface area is 103 Å². The molecule has 0 aliphatic carbocycles. The van der Waals surface area contributed by atoms with E-state index in [2.05, 4.69) is 12.2 Å². The van der Waals surface area contributed by atoms with Gasteiger partial charge < -0.3 is 15.5 Å². The lowest BCUT2D eigenvalue weighted by Crippen LogP contribution is -2.22. The van der Waals surface area contributed by atoms with Crippen LogP contribution in [0.15, 0.2) is 18.2 Å². The number of aryl methyl sites for hydroxylation is 1. The highest BCUT2D eigenvalue weighted by molar-refractivity contribution is 5.37. The van der Waals surface area contributed by atoms with Gasteiger partial charge in [0, 0.05) is 6.54 Å². The number of unbranched alkanes of at least 4 members (excludes halogenated alkanes) is 1. The highest BCUT2D eigenvalue weighted by Crippen LogP contribution is 2.22. The molecule has 1 rings (SSSR count). The second-order valence-corrected chi connectivity index (χ2v) is 4.32. The first-order chi connectivity index (χ1) is 8.19. The van der Waals surface area contributed by atoms with Crippen LogP contribution in [0.5, 0.6) is 5.75 Å². The van der Waals surface area contributed by atoms with E-state index in [9.17, 15) is 10.2 Å². The van der Waals surface area contributed by atoms with Gasteiger partial charge in [0.05, 0.1) is 6.10 Å². The highest BCUT2D eigenvalue weighted by atomic mass is 16.3. The molecular weight excluding hydrogens is 214 g/mol. The van der Waals surface area contributed by atoms with Gasteiger partial charge in [-0.25, -0.2) is 0 Å². The van der Waals surface area contributed by atoms with E-state index >= 15 is 0 Å². The second-order valence-electron chi connectivity index (χ2n) is 4.32. The molecule has 0 amide bonds. The molecule has 3 heteroatoms. The molecule has 0 spiro atoms. The summed E-state index contributed by atoms with van der Waals surface area (Å²) in [5.41, 5.74) is 1.75. The molecule has 3 N–H and O–H groups in total. The van der Waals surface area contributed by atoms with Gasteiger partial charge in [0.25, 0.3) is 0 Å². The van der Waals surface area contributed by atoms with Crippen LogP contribution in [0, 0.1) is 0 Å². The monoisotopic (exact) mass is 237 g/mol. The van der Waals surface area contributed by atoms with Gasteiger partial charge in [0.2, 0.25) is 0 Å². The van der Waals surface area contributed by atoms with Crippen molar-refractivity contribution in [2.45, 2.75) is 39.2 Å². The van der Waals surface area contributed by atoms with E-state index in [1.54, 1.807) is 12.1 Å². The van der Waals surface area contributed by atoms with Crippen LogP contribution >= 0.6 is 0 Å². The van der Waals surface area contributed by atoms with Crippen LogP contribution in [0.25, 0.3) is 0 Å². The Morgan fingerprint density at radius 2 is 2.06 bits per heavy atom. The Morgan fingerprint density at radius 3 is 2.71 bits per heavy atom. The molecule has 0 aliphatic heterocycles. The molecular formula is C14H23NO2. The van der Waals surface area contributed by atoms with Crippen molar-refractivity contribution in [1.29, 1.82) is 0 Å². The average Bonchev–Trinajstić information content (AvgIpc) is 2.35. The SMILES string of the molecule is CCCCNCC(O)c1ccc(O)c(CC)c1. The van der Waals surface area contributed by atoms with Gasteiger partial charge in [-0.1, -0.05) is 26.3 Å². The van der Waals surface area contributed by atoms with Crippen molar-refractivity contribution in [1.82, 2.24) is 5.32 Å². The topological polar surface area (TPSA) is 52.5 Å².